The van der Waals surface area contributed by atoms with Crippen molar-refractivity contribution >= 4 is 34.9 Å². The van der Waals surface area contributed by atoms with E-state index >= 15 is 0 Å². The molecule has 0 saturated carbocycles. The minimum absolute atomic E-state index is 0.0186. The average molecular weight is 711 g/mol. The fourth-order valence-corrected chi connectivity index (χ4v) is 7.97. The van der Waals surface area contributed by atoms with Crippen LogP contribution in [-0.4, -0.2) is 77.1 Å². The largest absolute Gasteiger partial charge is 0.455 e. The predicted molar refractivity (Wildman–Crippen MR) is 201 cm³/mol. The van der Waals surface area contributed by atoms with Gasteiger partial charge in [-0.25, -0.2) is 4.98 Å². The molecule has 5 atom stereocenters. The monoisotopic (exact) mass is 710 g/mol. The van der Waals surface area contributed by atoms with E-state index < -0.39 is 23.4 Å². The number of likely N-dealkylation sites (N-methyl/N-ethyl adjacent to an activating group) is 1. The van der Waals surface area contributed by atoms with Crippen LogP contribution in [0.5, 0.6) is 0 Å². The molecular formula is C40H62N4O5S. The Hall–Kier alpha value is -3.11. The Bertz CT molecular complexity index is 1410. The first-order chi connectivity index (χ1) is 23.5. The summed E-state index contributed by atoms with van der Waals surface area (Å²) in [5.74, 6) is -0.736. The minimum Gasteiger partial charge on any atom is -0.455 e. The van der Waals surface area contributed by atoms with Crippen molar-refractivity contribution in [3.63, 3.8) is 0 Å². The second-order valence-electron chi connectivity index (χ2n) is 15.7. The summed E-state index contributed by atoms with van der Waals surface area (Å²) < 4.78 is 5.84. The Morgan fingerprint density at radius 1 is 1.08 bits per heavy atom. The van der Waals surface area contributed by atoms with Gasteiger partial charge in [0.05, 0.1) is 12.0 Å². The number of piperidine rings is 1. The number of aromatic nitrogens is 1. The van der Waals surface area contributed by atoms with Crippen LogP contribution in [0.3, 0.4) is 0 Å². The zero-order chi connectivity index (χ0) is 37.2. The number of carbonyl (C=O) groups excluding carboxylic acids is 4. The molecule has 278 valence electrons. The van der Waals surface area contributed by atoms with E-state index in [1.807, 2.05) is 39.1 Å². The highest BCUT2D eigenvalue weighted by Gasteiger charge is 2.41. The van der Waals surface area contributed by atoms with Gasteiger partial charge in [-0.2, -0.15) is 0 Å². The highest BCUT2D eigenvalue weighted by molar-refractivity contribution is 7.09. The lowest BCUT2D eigenvalue weighted by Crippen LogP contribution is -2.50. The SMILES string of the molecule is CCC(C)(C)[C@H](CC(=O)[C@H]1CCCCN1C)C(=O)N(C)[C@H](C[C@@H](OC(C)=O)c1nc(C(=O)N[C@@H](Cc2ccccc2)CC(C)C)cs1)C(C)C. The molecule has 0 unspecified atom stereocenters. The van der Waals surface area contributed by atoms with Gasteiger partial charge in [0.15, 0.2) is 11.9 Å². The molecular weight excluding hydrogens is 649 g/mol. The quantitative estimate of drug-likeness (QED) is 0.160. The standard InChI is InChI=1S/C40H62N4O5S/c1-11-40(7,8)31(23-35(46)33-19-15-16-20-43(33)9)39(48)44(10)34(27(4)5)24-36(49-28(6)45)38-42-32(25-50-38)37(47)41-30(21-26(2)3)22-29-17-13-12-14-18-29/h12-14,17-18,25-27,30-31,33-34,36H,11,15-16,19-24H2,1-10H3,(H,41,47)/t30-,31-,33-,34-,36-/m1/s1. The van der Waals surface area contributed by atoms with E-state index in [-0.39, 0.29) is 53.8 Å². The number of hydrogen-bond donors (Lipinski definition) is 1. The van der Waals surface area contributed by atoms with Gasteiger partial charge in [-0.15, -0.1) is 11.3 Å². The number of thiazole rings is 1. The Labute approximate surface area is 304 Å². The van der Waals surface area contributed by atoms with Gasteiger partial charge in [-0.1, -0.05) is 91.6 Å². The Morgan fingerprint density at radius 2 is 1.76 bits per heavy atom. The van der Waals surface area contributed by atoms with Gasteiger partial charge in [-0.3, -0.25) is 24.1 Å². The Balaban J connectivity index is 1.82. The first-order valence-electron chi connectivity index (χ1n) is 18.5. The van der Waals surface area contributed by atoms with Crippen LogP contribution in [0.15, 0.2) is 35.7 Å². The van der Waals surface area contributed by atoms with Gasteiger partial charge in [0.2, 0.25) is 5.91 Å². The van der Waals surface area contributed by atoms with Gasteiger partial charge in [0, 0.05) is 44.3 Å². The molecule has 50 heavy (non-hydrogen) atoms. The van der Waals surface area contributed by atoms with Crippen LogP contribution in [0, 0.1) is 23.2 Å². The first-order valence-corrected chi connectivity index (χ1v) is 19.4. The summed E-state index contributed by atoms with van der Waals surface area (Å²) in [6.07, 6.45) is 5.00. The summed E-state index contributed by atoms with van der Waals surface area (Å²) in [5.41, 5.74) is 1.04. The minimum atomic E-state index is -0.743. The molecule has 1 aromatic heterocycles. The van der Waals surface area contributed by atoms with E-state index in [2.05, 4.69) is 62.0 Å². The molecule has 0 aliphatic carbocycles. The smallest absolute Gasteiger partial charge is 0.303 e. The molecule has 1 aliphatic rings. The Kier molecular flexibility index (Phi) is 15.6. The molecule has 0 bridgehead atoms. The molecule has 2 heterocycles. The van der Waals surface area contributed by atoms with Crippen molar-refractivity contribution in [2.45, 2.75) is 131 Å². The molecule has 2 amide bonds. The van der Waals surface area contributed by atoms with Crippen LogP contribution in [0.2, 0.25) is 0 Å². The molecule has 0 radical (unpaired) electrons. The molecule has 10 heteroatoms. The van der Waals surface area contributed by atoms with E-state index in [1.165, 1.54) is 18.3 Å². The zero-order valence-corrected chi connectivity index (χ0v) is 33.0. The van der Waals surface area contributed by atoms with Crippen molar-refractivity contribution in [1.82, 2.24) is 20.1 Å². The van der Waals surface area contributed by atoms with Crippen LogP contribution in [0.4, 0.5) is 0 Å². The lowest BCUT2D eigenvalue weighted by Gasteiger charge is -2.40. The molecule has 1 fully saturated rings. The second kappa shape index (κ2) is 18.9. The fourth-order valence-electron chi connectivity index (χ4n) is 7.13. The number of ketones is 1. The van der Waals surface area contributed by atoms with Crippen LogP contribution >= 0.6 is 11.3 Å². The van der Waals surface area contributed by atoms with E-state index in [4.69, 9.17) is 4.74 Å². The summed E-state index contributed by atoms with van der Waals surface area (Å²) in [7, 11) is 3.80. The van der Waals surface area contributed by atoms with Gasteiger partial charge < -0.3 is 15.0 Å². The number of nitrogens with one attached hydrogen (secondary N) is 1. The third-order valence-electron chi connectivity index (χ3n) is 10.5. The molecule has 3 rings (SSSR count). The van der Waals surface area contributed by atoms with E-state index in [1.54, 1.807) is 17.3 Å². The van der Waals surface area contributed by atoms with Crippen LogP contribution in [-0.2, 0) is 25.5 Å². The topological polar surface area (TPSA) is 109 Å². The fraction of sp³-hybridized carbons (Fsp3) is 0.675. The number of carbonyl (C=O) groups is 4. The van der Waals surface area contributed by atoms with Crippen molar-refractivity contribution in [2.75, 3.05) is 20.6 Å². The van der Waals surface area contributed by atoms with Crippen molar-refractivity contribution in [3.05, 3.63) is 52.0 Å². The van der Waals surface area contributed by atoms with Gasteiger partial charge >= 0.3 is 5.97 Å². The lowest BCUT2D eigenvalue weighted by atomic mass is 9.72. The maximum atomic E-state index is 14.4. The lowest BCUT2D eigenvalue weighted by molar-refractivity contribution is -0.150. The summed E-state index contributed by atoms with van der Waals surface area (Å²) in [5, 5.41) is 5.41. The van der Waals surface area contributed by atoms with Crippen molar-refractivity contribution in [2.24, 2.45) is 23.2 Å². The maximum absolute atomic E-state index is 14.4. The third kappa shape index (κ3) is 11.7. The first kappa shape index (κ1) is 41.3. The molecule has 1 saturated heterocycles. The zero-order valence-electron chi connectivity index (χ0n) is 32.2. The maximum Gasteiger partial charge on any atom is 0.303 e. The van der Waals surface area contributed by atoms with E-state index in [0.717, 1.165) is 44.2 Å². The number of amides is 2. The van der Waals surface area contributed by atoms with Gasteiger partial charge in [0.1, 0.15) is 10.7 Å². The molecule has 9 nitrogen and oxygen atoms in total. The number of likely N-dealkylation sites (tertiary alicyclic amines) is 1. The van der Waals surface area contributed by atoms with E-state index in [0.29, 0.717) is 23.8 Å². The normalized spacial score (nSPS) is 18.0. The van der Waals surface area contributed by atoms with Crippen molar-refractivity contribution < 1.29 is 23.9 Å². The number of hydrogen-bond acceptors (Lipinski definition) is 8. The number of esters is 1. The third-order valence-corrected chi connectivity index (χ3v) is 11.5. The summed E-state index contributed by atoms with van der Waals surface area (Å²) in [6.45, 7) is 16.8. The van der Waals surface area contributed by atoms with Gasteiger partial charge in [-0.05, 0) is 62.1 Å². The number of Topliss-reactive ketones (excluding diaryl/α,β-unsaturated/α-hetero) is 1. The number of benzene rings is 1. The van der Waals surface area contributed by atoms with Crippen LogP contribution < -0.4 is 5.32 Å². The Morgan fingerprint density at radius 3 is 2.34 bits per heavy atom. The number of ether oxygens (including phenoxy) is 1. The number of nitrogens with zero attached hydrogens (tertiary/aromatic N) is 3. The number of rotatable bonds is 18. The molecule has 1 N–H and O–H groups in total. The predicted octanol–water partition coefficient (Wildman–Crippen LogP) is 7.50. The highest BCUT2D eigenvalue weighted by atomic mass is 32.1. The highest BCUT2D eigenvalue weighted by Crippen LogP contribution is 2.38. The second-order valence-corrected chi connectivity index (χ2v) is 16.6. The summed E-state index contributed by atoms with van der Waals surface area (Å²) in [4.78, 5) is 62.5. The molecule has 0 spiro atoms. The molecule has 1 aromatic carbocycles. The van der Waals surface area contributed by atoms with Crippen molar-refractivity contribution in [1.29, 1.82) is 0 Å². The van der Waals surface area contributed by atoms with Crippen molar-refractivity contribution in [3.8, 4) is 0 Å². The summed E-state index contributed by atoms with van der Waals surface area (Å²) in [6, 6.07) is 9.60. The van der Waals surface area contributed by atoms with Gasteiger partial charge in [0.25, 0.3) is 5.91 Å². The molecule has 1 aliphatic heterocycles. The summed E-state index contributed by atoms with van der Waals surface area (Å²) >= 11 is 1.28. The molecule has 2 aromatic rings. The van der Waals surface area contributed by atoms with E-state index in [9.17, 15) is 19.2 Å². The average Bonchev–Trinajstić information content (AvgIpc) is 3.55. The van der Waals surface area contributed by atoms with Crippen LogP contribution in [0.1, 0.15) is 127 Å². The van der Waals surface area contributed by atoms with Crippen LogP contribution in [0.25, 0.3) is 0 Å².